The number of hydrogen-bond donors (Lipinski definition) is 1. The van der Waals surface area contributed by atoms with Crippen molar-refractivity contribution in [2.45, 2.75) is 13.5 Å². The van der Waals surface area contributed by atoms with E-state index in [1.165, 1.54) is 6.20 Å². The van der Waals surface area contributed by atoms with E-state index in [1.807, 2.05) is 6.92 Å². The molecule has 0 aliphatic carbocycles. The summed E-state index contributed by atoms with van der Waals surface area (Å²) in [4.78, 5) is 22.9. The molecule has 0 aromatic carbocycles. The van der Waals surface area contributed by atoms with E-state index in [0.29, 0.717) is 17.7 Å². The third-order valence-electron chi connectivity index (χ3n) is 1.99. The summed E-state index contributed by atoms with van der Waals surface area (Å²) in [5.41, 5.74) is 6.22. The van der Waals surface area contributed by atoms with Crippen molar-refractivity contribution in [3.8, 4) is 0 Å². The zero-order valence-electron chi connectivity index (χ0n) is 7.94. The minimum absolute atomic E-state index is 0.119. The lowest BCUT2D eigenvalue weighted by Gasteiger charge is -2.00. The number of amides is 1. The molecule has 2 N–H and O–H groups in total. The first-order chi connectivity index (χ1) is 7.13. The average Bonchev–Trinajstić information content (AvgIpc) is 2.55. The van der Waals surface area contributed by atoms with Crippen LogP contribution in [0.4, 0.5) is 0 Å². The molecule has 2 aromatic rings. The van der Waals surface area contributed by atoms with Gasteiger partial charge in [-0.15, -0.1) is 0 Å². The molecule has 0 unspecified atom stereocenters. The van der Waals surface area contributed by atoms with Gasteiger partial charge in [0.15, 0.2) is 5.65 Å². The Hall–Kier alpha value is -1.69. The number of primary amides is 1. The molecule has 0 saturated carbocycles. The summed E-state index contributed by atoms with van der Waals surface area (Å²) in [7, 11) is 0. The van der Waals surface area contributed by atoms with Crippen LogP contribution >= 0.6 is 11.6 Å². The largest absolute Gasteiger partial charge is 0.363 e. The molecular weight excluding hydrogens is 218 g/mol. The highest BCUT2D eigenvalue weighted by Gasteiger charge is 2.15. The molecule has 0 fully saturated rings. The topological polar surface area (TPSA) is 86.7 Å². The van der Waals surface area contributed by atoms with E-state index in [1.54, 1.807) is 4.57 Å². The van der Waals surface area contributed by atoms with Crippen LogP contribution in [0.1, 0.15) is 17.5 Å². The van der Waals surface area contributed by atoms with Gasteiger partial charge in [-0.25, -0.2) is 9.97 Å². The number of carbonyl (C=O) groups excluding carboxylic acids is 1. The maximum absolute atomic E-state index is 11.1. The van der Waals surface area contributed by atoms with Gasteiger partial charge >= 0.3 is 0 Å². The fourth-order valence-electron chi connectivity index (χ4n) is 1.39. The first-order valence-corrected chi connectivity index (χ1v) is 4.70. The minimum Gasteiger partial charge on any atom is -0.363 e. The third kappa shape index (κ3) is 1.52. The second-order valence-electron chi connectivity index (χ2n) is 2.89. The minimum atomic E-state index is -0.592. The smallest absolute Gasteiger partial charge is 0.284 e. The zero-order chi connectivity index (χ0) is 11.0. The number of halogens is 1. The maximum atomic E-state index is 11.1. The summed E-state index contributed by atoms with van der Waals surface area (Å²) in [6, 6.07) is 0. The molecule has 0 spiro atoms. The van der Waals surface area contributed by atoms with Crippen molar-refractivity contribution in [2.75, 3.05) is 0 Å². The van der Waals surface area contributed by atoms with Crippen molar-refractivity contribution in [3.05, 3.63) is 17.3 Å². The van der Waals surface area contributed by atoms with Gasteiger partial charge in [-0.3, -0.25) is 4.79 Å². The van der Waals surface area contributed by atoms with Crippen LogP contribution in [0.5, 0.6) is 0 Å². The number of carbonyl (C=O) groups is 1. The van der Waals surface area contributed by atoms with Gasteiger partial charge in [0.25, 0.3) is 5.91 Å². The molecule has 0 aliphatic rings. The van der Waals surface area contributed by atoms with Crippen LogP contribution in [-0.4, -0.2) is 25.4 Å². The molecule has 1 amide bonds. The van der Waals surface area contributed by atoms with Crippen LogP contribution < -0.4 is 5.73 Å². The molecule has 2 rings (SSSR count). The number of nitrogens with zero attached hydrogens (tertiary/aromatic N) is 4. The van der Waals surface area contributed by atoms with E-state index in [0.717, 1.165) is 0 Å². The summed E-state index contributed by atoms with van der Waals surface area (Å²) in [5, 5.41) is 0.119. The molecule has 0 aliphatic heterocycles. The first kappa shape index (κ1) is 9.85. The predicted molar refractivity (Wildman–Crippen MR) is 54.5 cm³/mol. The summed E-state index contributed by atoms with van der Waals surface area (Å²) < 4.78 is 1.60. The SMILES string of the molecule is CCn1c(C(N)=O)nc2cnc(Cl)nc21. The maximum Gasteiger partial charge on any atom is 0.284 e. The Morgan fingerprint density at radius 3 is 2.93 bits per heavy atom. The molecule has 2 aromatic heterocycles. The monoisotopic (exact) mass is 225 g/mol. The Labute approximate surface area is 90.1 Å². The van der Waals surface area contributed by atoms with E-state index in [2.05, 4.69) is 15.0 Å². The highest BCUT2D eigenvalue weighted by atomic mass is 35.5. The van der Waals surface area contributed by atoms with Crippen molar-refractivity contribution < 1.29 is 4.79 Å². The van der Waals surface area contributed by atoms with Crippen molar-refractivity contribution in [3.63, 3.8) is 0 Å². The van der Waals surface area contributed by atoms with Crippen LogP contribution in [0.25, 0.3) is 11.2 Å². The van der Waals surface area contributed by atoms with Crippen molar-refractivity contribution in [1.29, 1.82) is 0 Å². The van der Waals surface area contributed by atoms with Crippen LogP contribution in [-0.2, 0) is 6.54 Å². The molecule has 0 saturated heterocycles. The first-order valence-electron chi connectivity index (χ1n) is 4.32. The van der Waals surface area contributed by atoms with Gasteiger partial charge in [-0.1, -0.05) is 0 Å². The molecule has 2 heterocycles. The Balaban J connectivity index is 2.79. The summed E-state index contributed by atoms with van der Waals surface area (Å²) >= 11 is 5.66. The normalized spacial score (nSPS) is 10.8. The van der Waals surface area contributed by atoms with Gasteiger partial charge in [-0.05, 0) is 18.5 Å². The van der Waals surface area contributed by atoms with Gasteiger partial charge in [0, 0.05) is 6.54 Å². The van der Waals surface area contributed by atoms with Crippen molar-refractivity contribution in [2.24, 2.45) is 5.73 Å². The molecule has 0 radical (unpaired) electrons. The van der Waals surface area contributed by atoms with Gasteiger partial charge < -0.3 is 10.3 Å². The van der Waals surface area contributed by atoms with Crippen LogP contribution in [0, 0.1) is 0 Å². The number of rotatable bonds is 2. The molecule has 6 nitrogen and oxygen atoms in total. The van der Waals surface area contributed by atoms with E-state index < -0.39 is 5.91 Å². The van der Waals surface area contributed by atoms with Gasteiger partial charge in [-0.2, -0.15) is 4.98 Å². The summed E-state index contributed by atoms with van der Waals surface area (Å²) in [6.07, 6.45) is 1.46. The van der Waals surface area contributed by atoms with E-state index in [-0.39, 0.29) is 11.1 Å². The highest BCUT2D eigenvalue weighted by molar-refractivity contribution is 6.28. The second-order valence-corrected chi connectivity index (χ2v) is 3.23. The van der Waals surface area contributed by atoms with Crippen LogP contribution in [0.2, 0.25) is 5.28 Å². The van der Waals surface area contributed by atoms with E-state index in [4.69, 9.17) is 17.3 Å². The molecule has 7 heteroatoms. The number of hydrogen-bond acceptors (Lipinski definition) is 4. The Bertz CT molecular complexity index is 535. The molecule has 0 bridgehead atoms. The highest BCUT2D eigenvalue weighted by Crippen LogP contribution is 2.14. The third-order valence-corrected chi connectivity index (χ3v) is 2.18. The Morgan fingerprint density at radius 2 is 2.33 bits per heavy atom. The fourth-order valence-corrected chi connectivity index (χ4v) is 1.51. The van der Waals surface area contributed by atoms with Crippen LogP contribution in [0.15, 0.2) is 6.20 Å². The lowest BCUT2D eigenvalue weighted by Crippen LogP contribution is -2.17. The van der Waals surface area contributed by atoms with E-state index in [9.17, 15) is 4.79 Å². The van der Waals surface area contributed by atoms with Crippen LogP contribution in [0.3, 0.4) is 0 Å². The Morgan fingerprint density at radius 1 is 1.60 bits per heavy atom. The zero-order valence-corrected chi connectivity index (χ0v) is 8.69. The lowest BCUT2D eigenvalue weighted by atomic mass is 10.5. The molecule has 78 valence electrons. The standard InChI is InChI=1S/C8H8ClN5O/c1-2-14-6-4(3-11-8(9)13-6)12-7(14)5(10)15/h3H,2H2,1H3,(H2,10,15). The number of fused-ring (bicyclic) bond motifs is 1. The fraction of sp³-hybridized carbons (Fsp3) is 0.250. The number of aryl methyl sites for hydroxylation is 1. The van der Waals surface area contributed by atoms with Crippen molar-refractivity contribution >= 4 is 28.7 Å². The quantitative estimate of drug-likeness (QED) is 0.759. The van der Waals surface area contributed by atoms with Gasteiger partial charge in [0.2, 0.25) is 11.1 Å². The van der Waals surface area contributed by atoms with Crippen molar-refractivity contribution in [1.82, 2.24) is 19.5 Å². The molecule has 15 heavy (non-hydrogen) atoms. The lowest BCUT2D eigenvalue weighted by molar-refractivity contribution is 0.0987. The number of aromatic nitrogens is 4. The number of nitrogens with two attached hydrogens (primary N) is 1. The summed E-state index contributed by atoms with van der Waals surface area (Å²) in [6.45, 7) is 2.41. The number of imidazole rings is 1. The van der Waals surface area contributed by atoms with Gasteiger partial charge in [0.1, 0.15) is 5.52 Å². The summed E-state index contributed by atoms with van der Waals surface area (Å²) in [5.74, 6) is -0.421. The second kappa shape index (κ2) is 3.47. The average molecular weight is 226 g/mol. The molecular formula is C8H8ClN5O. The molecule has 0 atom stereocenters. The van der Waals surface area contributed by atoms with Gasteiger partial charge in [0.05, 0.1) is 6.20 Å². The van der Waals surface area contributed by atoms with E-state index >= 15 is 0 Å². The Kier molecular flexibility index (Phi) is 2.28. The predicted octanol–water partition coefficient (Wildman–Crippen LogP) is 0.598.